The predicted octanol–water partition coefficient (Wildman–Crippen LogP) is 4.90. The molecule has 1 amide bonds. The summed E-state index contributed by atoms with van der Waals surface area (Å²) in [6.45, 7) is 6.03. The lowest BCUT2D eigenvalue weighted by molar-refractivity contribution is 0.0649. The van der Waals surface area contributed by atoms with Gasteiger partial charge in [-0.15, -0.1) is 0 Å². The average molecular weight is 431 g/mol. The van der Waals surface area contributed by atoms with Gasteiger partial charge in [0.1, 0.15) is 5.75 Å². The molecule has 0 N–H and O–H groups in total. The van der Waals surface area contributed by atoms with Crippen molar-refractivity contribution in [1.29, 1.82) is 0 Å². The van der Waals surface area contributed by atoms with Crippen LogP contribution in [0.5, 0.6) is 5.75 Å². The molecule has 0 atom stereocenters. The number of benzene rings is 2. The zero-order chi connectivity index (χ0) is 22.7. The van der Waals surface area contributed by atoms with Crippen LogP contribution in [-0.2, 0) is 6.54 Å². The summed E-state index contributed by atoms with van der Waals surface area (Å²) in [6.07, 6.45) is 1.39. The van der Waals surface area contributed by atoms with Crippen LogP contribution in [0, 0.1) is 19.8 Å². The number of carbonyl (C=O) groups excluding carboxylic acids is 2. The van der Waals surface area contributed by atoms with E-state index in [0.717, 1.165) is 29.2 Å². The molecule has 2 heterocycles. The van der Waals surface area contributed by atoms with Gasteiger partial charge in [0.05, 0.1) is 12.7 Å². The van der Waals surface area contributed by atoms with Gasteiger partial charge in [0.15, 0.2) is 5.78 Å². The molecule has 5 heteroatoms. The maximum Gasteiger partial charge on any atom is 0.255 e. The molecule has 1 aromatic heterocycles. The van der Waals surface area contributed by atoms with Crippen LogP contribution in [0.15, 0.2) is 60.7 Å². The number of rotatable bonds is 6. The summed E-state index contributed by atoms with van der Waals surface area (Å²) < 4.78 is 7.37. The number of likely N-dealkylation sites (tertiary alicyclic amines) is 1. The number of carbonyl (C=O) groups is 2. The zero-order valence-electron chi connectivity index (χ0n) is 19.0. The molecule has 0 radical (unpaired) electrons. The molecular formula is C27H30N2O3. The summed E-state index contributed by atoms with van der Waals surface area (Å²) in [5.74, 6) is 0.915. The Bertz CT molecular complexity index is 1090. The fourth-order valence-electron chi connectivity index (χ4n) is 4.53. The van der Waals surface area contributed by atoms with Crippen LogP contribution in [0.4, 0.5) is 0 Å². The van der Waals surface area contributed by atoms with Gasteiger partial charge >= 0.3 is 0 Å². The molecule has 0 bridgehead atoms. The molecule has 0 spiro atoms. The minimum Gasteiger partial charge on any atom is -0.497 e. The highest BCUT2D eigenvalue weighted by molar-refractivity contribution is 5.99. The van der Waals surface area contributed by atoms with Crippen molar-refractivity contribution in [1.82, 2.24) is 9.47 Å². The Kier molecular flexibility index (Phi) is 6.45. The molecule has 1 saturated heterocycles. The van der Waals surface area contributed by atoms with E-state index < -0.39 is 0 Å². The molecular weight excluding hydrogens is 400 g/mol. The van der Waals surface area contributed by atoms with E-state index >= 15 is 0 Å². The summed E-state index contributed by atoms with van der Waals surface area (Å²) in [5.41, 5.74) is 4.76. The Labute approximate surface area is 189 Å². The van der Waals surface area contributed by atoms with Crippen molar-refractivity contribution >= 4 is 11.7 Å². The number of piperidine rings is 1. The summed E-state index contributed by atoms with van der Waals surface area (Å²) in [5, 5.41) is 0. The highest BCUT2D eigenvalue weighted by atomic mass is 16.5. The predicted molar refractivity (Wildman–Crippen MR) is 125 cm³/mol. The van der Waals surface area contributed by atoms with Gasteiger partial charge in [-0.1, -0.05) is 30.3 Å². The highest BCUT2D eigenvalue weighted by Crippen LogP contribution is 2.26. The number of ether oxygens (including phenoxy) is 1. The van der Waals surface area contributed by atoms with Crippen molar-refractivity contribution in [3.8, 4) is 5.75 Å². The van der Waals surface area contributed by atoms with Crippen molar-refractivity contribution in [2.75, 3.05) is 20.2 Å². The fourth-order valence-corrected chi connectivity index (χ4v) is 4.53. The molecule has 1 fully saturated rings. The van der Waals surface area contributed by atoms with Crippen LogP contribution < -0.4 is 4.74 Å². The molecule has 5 nitrogen and oxygen atoms in total. The molecule has 0 saturated carbocycles. The van der Waals surface area contributed by atoms with Gasteiger partial charge in [0.2, 0.25) is 0 Å². The van der Waals surface area contributed by atoms with E-state index in [4.69, 9.17) is 4.74 Å². The minimum atomic E-state index is -0.0436. The first-order chi connectivity index (χ1) is 15.5. The summed E-state index contributed by atoms with van der Waals surface area (Å²) in [4.78, 5) is 28.0. The van der Waals surface area contributed by atoms with E-state index in [1.54, 1.807) is 7.11 Å². The number of hydrogen-bond donors (Lipinski definition) is 0. The van der Waals surface area contributed by atoms with Crippen LogP contribution in [-0.4, -0.2) is 41.4 Å². The van der Waals surface area contributed by atoms with E-state index in [0.29, 0.717) is 31.5 Å². The molecule has 32 heavy (non-hydrogen) atoms. The van der Waals surface area contributed by atoms with Crippen LogP contribution >= 0.6 is 0 Å². The number of aryl methyl sites for hydroxylation is 1. The summed E-state index contributed by atoms with van der Waals surface area (Å²) in [6, 6.07) is 19.6. The van der Waals surface area contributed by atoms with E-state index in [-0.39, 0.29) is 17.6 Å². The van der Waals surface area contributed by atoms with Crippen LogP contribution in [0.2, 0.25) is 0 Å². The van der Waals surface area contributed by atoms with Gasteiger partial charge in [0, 0.05) is 42.5 Å². The Morgan fingerprint density at radius 3 is 2.25 bits per heavy atom. The Morgan fingerprint density at radius 2 is 1.62 bits per heavy atom. The summed E-state index contributed by atoms with van der Waals surface area (Å²) in [7, 11) is 1.61. The third-order valence-corrected chi connectivity index (χ3v) is 6.52. The first kappa shape index (κ1) is 21.9. The van der Waals surface area contributed by atoms with Gasteiger partial charge in [-0.05, 0) is 62.6 Å². The van der Waals surface area contributed by atoms with Gasteiger partial charge in [-0.25, -0.2) is 0 Å². The number of nitrogens with zero attached hydrogens (tertiary/aromatic N) is 2. The van der Waals surface area contributed by atoms with E-state index in [9.17, 15) is 9.59 Å². The Hall–Kier alpha value is -3.34. The maximum atomic E-state index is 13.3. The molecule has 3 aromatic rings. The van der Waals surface area contributed by atoms with Gasteiger partial charge in [0.25, 0.3) is 5.91 Å². The van der Waals surface area contributed by atoms with Gasteiger partial charge < -0.3 is 14.2 Å². The van der Waals surface area contributed by atoms with Gasteiger partial charge in [-0.3, -0.25) is 9.59 Å². The van der Waals surface area contributed by atoms with Crippen LogP contribution in [0.1, 0.15) is 50.5 Å². The molecule has 166 valence electrons. The third kappa shape index (κ3) is 4.47. The molecule has 4 rings (SSSR count). The number of ketones is 1. The first-order valence-electron chi connectivity index (χ1n) is 11.2. The maximum absolute atomic E-state index is 13.3. The number of Topliss-reactive ketones (excluding diaryl/α,β-unsaturated/α-hetero) is 1. The topological polar surface area (TPSA) is 51.5 Å². The second-order valence-corrected chi connectivity index (χ2v) is 8.52. The Morgan fingerprint density at radius 1 is 0.969 bits per heavy atom. The normalized spacial score (nSPS) is 14.4. The van der Waals surface area contributed by atoms with E-state index in [1.165, 1.54) is 5.56 Å². The molecule has 1 aliphatic rings. The van der Waals surface area contributed by atoms with Crippen molar-refractivity contribution in [2.24, 2.45) is 5.92 Å². The number of aromatic nitrogens is 1. The fraction of sp³-hybridized carbons (Fsp3) is 0.333. The second-order valence-electron chi connectivity index (χ2n) is 8.52. The quantitative estimate of drug-likeness (QED) is 0.523. The lowest BCUT2D eigenvalue weighted by atomic mass is 9.88. The minimum absolute atomic E-state index is 0.0436. The smallest absolute Gasteiger partial charge is 0.255 e. The van der Waals surface area contributed by atoms with Crippen LogP contribution in [0.3, 0.4) is 0 Å². The number of amides is 1. The molecule has 0 unspecified atom stereocenters. The monoisotopic (exact) mass is 430 g/mol. The van der Waals surface area contributed by atoms with Crippen molar-refractivity contribution in [3.63, 3.8) is 0 Å². The average Bonchev–Trinajstić information content (AvgIpc) is 3.12. The Balaban J connectivity index is 1.41. The largest absolute Gasteiger partial charge is 0.497 e. The standard InChI is InChI=1S/C27H30N2O3/c1-19-17-25(20(2)29(19)18-21-7-5-4-6-8-21)27(31)28-15-13-23(14-16-28)26(30)22-9-11-24(32-3)12-10-22/h4-12,17,23H,13-16,18H2,1-3H3. The molecule has 0 aliphatic carbocycles. The van der Waals surface area contributed by atoms with E-state index in [2.05, 4.69) is 16.7 Å². The highest BCUT2D eigenvalue weighted by Gasteiger charge is 2.29. The van der Waals surface area contributed by atoms with Crippen molar-refractivity contribution in [3.05, 3.63) is 88.7 Å². The number of methoxy groups -OCH3 is 1. The third-order valence-electron chi connectivity index (χ3n) is 6.52. The second kappa shape index (κ2) is 9.43. The summed E-state index contributed by atoms with van der Waals surface area (Å²) >= 11 is 0. The SMILES string of the molecule is COc1ccc(C(=O)C2CCN(C(=O)c3cc(C)n(Cc4ccccc4)c3C)CC2)cc1. The molecule has 2 aromatic carbocycles. The lowest BCUT2D eigenvalue weighted by Crippen LogP contribution is -2.40. The van der Waals surface area contributed by atoms with Crippen LogP contribution in [0.25, 0.3) is 0 Å². The zero-order valence-corrected chi connectivity index (χ0v) is 19.0. The van der Waals surface area contributed by atoms with Crippen molar-refractivity contribution < 1.29 is 14.3 Å². The lowest BCUT2D eigenvalue weighted by Gasteiger charge is -2.31. The van der Waals surface area contributed by atoms with Gasteiger partial charge in [-0.2, -0.15) is 0 Å². The number of hydrogen-bond acceptors (Lipinski definition) is 3. The first-order valence-corrected chi connectivity index (χ1v) is 11.2. The molecule has 1 aliphatic heterocycles. The van der Waals surface area contributed by atoms with Crippen molar-refractivity contribution in [2.45, 2.75) is 33.2 Å². The van der Waals surface area contributed by atoms with E-state index in [1.807, 2.05) is 67.3 Å².